The molecule has 0 heterocycles. The summed E-state index contributed by atoms with van der Waals surface area (Å²) >= 11 is 0. The van der Waals surface area contributed by atoms with E-state index in [-0.39, 0.29) is 11.5 Å². The summed E-state index contributed by atoms with van der Waals surface area (Å²) in [6.45, 7) is 3.83. The van der Waals surface area contributed by atoms with Crippen molar-refractivity contribution in [3.63, 3.8) is 0 Å². The van der Waals surface area contributed by atoms with Gasteiger partial charge in [0.25, 0.3) is 0 Å². The molecule has 1 fully saturated rings. The second-order valence-corrected chi connectivity index (χ2v) is 5.85. The predicted molar refractivity (Wildman–Crippen MR) is 78.0 cm³/mol. The minimum atomic E-state index is -1.26. The van der Waals surface area contributed by atoms with E-state index in [1.54, 1.807) is 6.92 Å². The summed E-state index contributed by atoms with van der Waals surface area (Å²) in [7, 11) is 0. The lowest BCUT2D eigenvalue weighted by molar-refractivity contribution is -0.0761. The Labute approximate surface area is 125 Å². The van der Waals surface area contributed by atoms with E-state index in [0.717, 1.165) is 25.7 Å². The molecular weight excluding hydrogens is 274 g/mol. The fraction of sp³-hybridized carbons (Fsp3) is 0.647. The molecule has 0 amide bonds. The van der Waals surface area contributed by atoms with E-state index in [1.807, 2.05) is 6.92 Å². The van der Waals surface area contributed by atoms with Gasteiger partial charge >= 0.3 is 0 Å². The molecule has 0 spiro atoms. The Morgan fingerprint density at radius 2 is 1.90 bits per heavy atom. The fourth-order valence-electron chi connectivity index (χ4n) is 3.25. The molecule has 1 aliphatic carbocycles. The van der Waals surface area contributed by atoms with Gasteiger partial charge in [-0.05, 0) is 44.2 Å². The zero-order valence-electron chi connectivity index (χ0n) is 12.7. The summed E-state index contributed by atoms with van der Waals surface area (Å²) in [4.78, 5) is 0. The Hall–Kier alpha value is -1.00. The van der Waals surface area contributed by atoms with Crippen LogP contribution in [0.4, 0.5) is 8.78 Å². The number of aliphatic hydroxyl groups excluding tert-OH is 1. The number of aliphatic hydroxyl groups is 1. The molecule has 0 aliphatic heterocycles. The van der Waals surface area contributed by atoms with Crippen molar-refractivity contribution in [3.05, 3.63) is 34.9 Å². The van der Waals surface area contributed by atoms with E-state index in [2.05, 4.69) is 0 Å². The molecule has 1 aliphatic rings. The molecule has 2 rings (SSSR count). The van der Waals surface area contributed by atoms with Gasteiger partial charge in [-0.3, -0.25) is 0 Å². The highest BCUT2D eigenvalue weighted by atomic mass is 19.1. The third-order valence-electron chi connectivity index (χ3n) is 4.40. The van der Waals surface area contributed by atoms with Crippen LogP contribution in [0.25, 0.3) is 0 Å². The first-order valence-corrected chi connectivity index (χ1v) is 7.80. The lowest BCUT2D eigenvalue weighted by atomic mass is 9.81. The van der Waals surface area contributed by atoms with E-state index in [0.29, 0.717) is 12.2 Å². The SMILES string of the molecule is CCOC(C1CCCCC1)C(O)c1c(F)ccc(C)c1F. The fourth-order valence-corrected chi connectivity index (χ4v) is 3.25. The van der Waals surface area contributed by atoms with Gasteiger partial charge in [-0.25, -0.2) is 8.78 Å². The number of ether oxygens (including phenoxy) is 1. The maximum absolute atomic E-state index is 14.2. The second-order valence-electron chi connectivity index (χ2n) is 5.85. The van der Waals surface area contributed by atoms with E-state index < -0.39 is 23.8 Å². The van der Waals surface area contributed by atoms with Gasteiger partial charge in [0, 0.05) is 6.61 Å². The molecule has 21 heavy (non-hydrogen) atoms. The number of rotatable bonds is 5. The molecule has 0 aromatic heterocycles. The molecule has 4 heteroatoms. The molecule has 1 saturated carbocycles. The van der Waals surface area contributed by atoms with E-state index >= 15 is 0 Å². The van der Waals surface area contributed by atoms with Crippen molar-refractivity contribution in [1.29, 1.82) is 0 Å². The van der Waals surface area contributed by atoms with Gasteiger partial charge < -0.3 is 9.84 Å². The first-order chi connectivity index (χ1) is 10.1. The van der Waals surface area contributed by atoms with E-state index in [9.17, 15) is 13.9 Å². The van der Waals surface area contributed by atoms with Crippen molar-refractivity contribution < 1.29 is 18.6 Å². The minimum absolute atomic E-state index is 0.160. The summed E-state index contributed by atoms with van der Waals surface area (Å²) in [6, 6.07) is 2.60. The molecule has 118 valence electrons. The Bertz CT molecular complexity index is 470. The van der Waals surface area contributed by atoms with Crippen LogP contribution in [-0.4, -0.2) is 17.8 Å². The Kier molecular flexibility index (Phi) is 5.71. The van der Waals surface area contributed by atoms with E-state index in [1.165, 1.54) is 18.6 Å². The van der Waals surface area contributed by atoms with Crippen LogP contribution in [0.2, 0.25) is 0 Å². The molecule has 0 bridgehead atoms. The summed E-state index contributed by atoms with van der Waals surface area (Å²) in [6.07, 6.45) is 3.43. The highest BCUT2D eigenvalue weighted by Gasteiger charge is 2.34. The molecule has 2 nitrogen and oxygen atoms in total. The predicted octanol–water partition coefficient (Wildman–Crippen LogP) is 4.29. The van der Waals surface area contributed by atoms with Gasteiger partial charge in [0.2, 0.25) is 0 Å². The summed E-state index contributed by atoms with van der Waals surface area (Å²) in [5.74, 6) is -1.21. The van der Waals surface area contributed by atoms with Gasteiger partial charge in [-0.1, -0.05) is 25.3 Å². The lowest BCUT2D eigenvalue weighted by Crippen LogP contribution is -2.33. The zero-order chi connectivity index (χ0) is 15.4. The molecule has 0 radical (unpaired) electrons. The van der Waals surface area contributed by atoms with Crippen molar-refractivity contribution >= 4 is 0 Å². The Morgan fingerprint density at radius 3 is 2.52 bits per heavy atom. The van der Waals surface area contributed by atoms with Crippen molar-refractivity contribution in [2.24, 2.45) is 5.92 Å². The second kappa shape index (κ2) is 7.32. The minimum Gasteiger partial charge on any atom is -0.385 e. The van der Waals surface area contributed by atoms with E-state index in [4.69, 9.17) is 4.74 Å². The van der Waals surface area contributed by atoms with Gasteiger partial charge in [0.1, 0.15) is 17.7 Å². The van der Waals surface area contributed by atoms with Gasteiger partial charge in [-0.15, -0.1) is 0 Å². The highest BCUT2D eigenvalue weighted by Crippen LogP contribution is 2.36. The summed E-state index contributed by atoms with van der Waals surface area (Å²) in [5.41, 5.74) is 0.0865. The number of benzene rings is 1. The summed E-state index contributed by atoms with van der Waals surface area (Å²) < 4.78 is 33.9. The Morgan fingerprint density at radius 1 is 1.24 bits per heavy atom. The monoisotopic (exact) mass is 298 g/mol. The summed E-state index contributed by atoms with van der Waals surface area (Å²) in [5, 5.41) is 10.5. The Balaban J connectivity index is 2.29. The number of hydrogen-bond donors (Lipinski definition) is 1. The topological polar surface area (TPSA) is 29.5 Å². The van der Waals surface area contributed by atoms with Crippen molar-refractivity contribution in [2.45, 2.75) is 58.2 Å². The molecule has 1 aromatic rings. The van der Waals surface area contributed by atoms with Crippen molar-refractivity contribution in [3.8, 4) is 0 Å². The number of aryl methyl sites for hydroxylation is 1. The molecule has 0 saturated heterocycles. The molecule has 2 unspecified atom stereocenters. The van der Waals surface area contributed by atoms with Crippen LogP contribution < -0.4 is 0 Å². The van der Waals surface area contributed by atoms with Crippen molar-refractivity contribution in [1.82, 2.24) is 0 Å². The number of hydrogen-bond acceptors (Lipinski definition) is 2. The van der Waals surface area contributed by atoms with Crippen LogP contribution in [0, 0.1) is 24.5 Å². The number of halogens is 2. The zero-order valence-corrected chi connectivity index (χ0v) is 12.7. The third-order valence-corrected chi connectivity index (χ3v) is 4.40. The van der Waals surface area contributed by atoms with Crippen LogP contribution in [0.5, 0.6) is 0 Å². The van der Waals surface area contributed by atoms with Crippen molar-refractivity contribution in [2.75, 3.05) is 6.61 Å². The molecule has 2 atom stereocenters. The first kappa shape index (κ1) is 16.4. The van der Waals surface area contributed by atoms with Crippen LogP contribution >= 0.6 is 0 Å². The maximum atomic E-state index is 14.2. The first-order valence-electron chi connectivity index (χ1n) is 7.80. The quantitative estimate of drug-likeness (QED) is 0.878. The van der Waals surface area contributed by atoms with Crippen LogP contribution in [0.15, 0.2) is 12.1 Å². The normalized spacial score (nSPS) is 19.5. The molecular formula is C17H24F2O2. The van der Waals surface area contributed by atoms with Crippen LogP contribution in [0.3, 0.4) is 0 Å². The van der Waals surface area contributed by atoms with Gasteiger partial charge in [-0.2, -0.15) is 0 Å². The highest BCUT2D eigenvalue weighted by molar-refractivity contribution is 5.29. The average molecular weight is 298 g/mol. The maximum Gasteiger partial charge on any atom is 0.134 e. The van der Waals surface area contributed by atoms with Crippen LogP contribution in [0.1, 0.15) is 56.3 Å². The van der Waals surface area contributed by atoms with Gasteiger partial charge in [0.05, 0.1) is 11.7 Å². The largest absolute Gasteiger partial charge is 0.385 e. The average Bonchev–Trinajstić information content (AvgIpc) is 2.49. The van der Waals surface area contributed by atoms with Crippen LogP contribution in [-0.2, 0) is 4.74 Å². The third kappa shape index (κ3) is 3.61. The standard InChI is InChI=1S/C17H24F2O2/c1-3-21-17(12-7-5-4-6-8-12)16(20)14-13(18)10-9-11(2)15(14)19/h9-10,12,16-17,20H,3-8H2,1-2H3. The molecule has 1 N–H and O–H groups in total. The smallest absolute Gasteiger partial charge is 0.134 e. The van der Waals surface area contributed by atoms with Gasteiger partial charge in [0.15, 0.2) is 0 Å². The lowest BCUT2D eigenvalue weighted by Gasteiger charge is -2.33. The molecule has 1 aromatic carbocycles.